The number of ether oxygens (including phenoxy) is 2. The van der Waals surface area contributed by atoms with E-state index in [1.165, 1.54) is 5.39 Å². The first kappa shape index (κ1) is 19.3. The van der Waals surface area contributed by atoms with Crippen LogP contribution in [0.5, 0.6) is 5.75 Å². The largest absolute Gasteiger partial charge is 0.496 e. The van der Waals surface area contributed by atoms with Crippen molar-refractivity contribution in [3.63, 3.8) is 0 Å². The van der Waals surface area contributed by atoms with Crippen molar-refractivity contribution in [1.82, 2.24) is 9.88 Å². The molecule has 0 spiro atoms. The highest BCUT2D eigenvalue weighted by atomic mass is 16.5. The molecule has 0 unspecified atom stereocenters. The number of benzene rings is 1. The highest BCUT2D eigenvalue weighted by molar-refractivity contribution is 5.89. The number of pyridine rings is 1. The van der Waals surface area contributed by atoms with E-state index in [0.29, 0.717) is 19.1 Å². The molecule has 4 rings (SSSR count). The molecule has 28 heavy (non-hydrogen) atoms. The SMILES string of the molecule is COc1ccc2cnc(C3CCN(CC(=O)[C@@]4(C)CCCO4)CC3)cc2c1C. The second-order valence-corrected chi connectivity index (χ2v) is 8.38. The van der Waals surface area contributed by atoms with Crippen molar-refractivity contribution >= 4 is 16.6 Å². The normalized spacial score (nSPS) is 24.0. The number of methoxy groups -OCH3 is 1. The van der Waals surface area contributed by atoms with Gasteiger partial charge in [0.05, 0.1) is 13.7 Å². The zero-order valence-corrected chi connectivity index (χ0v) is 17.2. The van der Waals surface area contributed by atoms with Crippen LogP contribution in [0, 0.1) is 6.92 Å². The van der Waals surface area contributed by atoms with Gasteiger partial charge in [0, 0.05) is 29.8 Å². The van der Waals surface area contributed by atoms with E-state index in [-0.39, 0.29) is 5.78 Å². The summed E-state index contributed by atoms with van der Waals surface area (Å²) in [7, 11) is 1.71. The summed E-state index contributed by atoms with van der Waals surface area (Å²) >= 11 is 0. The van der Waals surface area contributed by atoms with Gasteiger partial charge < -0.3 is 9.47 Å². The van der Waals surface area contributed by atoms with Crippen LogP contribution >= 0.6 is 0 Å². The molecule has 0 bridgehead atoms. The Kier molecular flexibility index (Phi) is 5.39. The third-order valence-corrected chi connectivity index (χ3v) is 6.55. The molecular weight excluding hydrogens is 352 g/mol. The van der Waals surface area contributed by atoms with Gasteiger partial charge in [-0.05, 0) is 81.8 Å². The highest BCUT2D eigenvalue weighted by Crippen LogP contribution is 2.33. The summed E-state index contributed by atoms with van der Waals surface area (Å²) in [6, 6.07) is 6.30. The number of nitrogens with zero attached hydrogens (tertiary/aromatic N) is 2. The summed E-state index contributed by atoms with van der Waals surface area (Å²) in [6.07, 6.45) is 5.89. The fraction of sp³-hybridized carbons (Fsp3) is 0.565. The van der Waals surface area contributed by atoms with Crippen LogP contribution < -0.4 is 4.74 Å². The minimum Gasteiger partial charge on any atom is -0.496 e. The number of aryl methyl sites for hydroxylation is 1. The lowest BCUT2D eigenvalue weighted by Crippen LogP contribution is -2.45. The molecule has 2 aliphatic heterocycles. The zero-order valence-electron chi connectivity index (χ0n) is 17.2. The molecule has 0 amide bonds. The number of ketones is 1. The van der Waals surface area contributed by atoms with Crippen LogP contribution in [0.2, 0.25) is 0 Å². The van der Waals surface area contributed by atoms with Crippen molar-refractivity contribution in [3.05, 3.63) is 35.7 Å². The Morgan fingerprint density at radius 3 is 2.82 bits per heavy atom. The van der Waals surface area contributed by atoms with Crippen LogP contribution in [0.1, 0.15) is 49.8 Å². The maximum atomic E-state index is 12.6. The fourth-order valence-corrected chi connectivity index (χ4v) is 4.56. The van der Waals surface area contributed by atoms with Crippen molar-refractivity contribution < 1.29 is 14.3 Å². The summed E-state index contributed by atoms with van der Waals surface area (Å²) in [5.74, 6) is 1.59. The number of hydrogen-bond donors (Lipinski definition) is 0. The molecule has 0 saturated carbocycles. The molecule has 0 N–H and O–H groups in total. The van der Waals surface area contributed by atoms with E-state index in [2.05, 4.69) is 24.0 Å². The van der Waals surface area contributed by atoms with E-state index in [0.717, 1.165) is 61.2 Å². The summed E-state index contributed by atoms with van der Waals surface area (Å²) in [4.78, 5) is 19.7. The first-order chi connectivity index (χ1) is 13.5. The van der Waals surface area contributed by atoms with E-state index in [4.69, 9.17) is 14.5 Å². The Morgan fingerprint density at radius 2 is 2.14 bits per heavy atom. The van der Waals surface area contributed by atoms with E-state index >= 15 is 0 Å². The van der Waals surface area contributed by atoms with Crippen molar-refractivity contribution in [3.8, 4) is 5.75 Å². The molecule has 2 saturated heterocycles. The standard InChI is InChI=1S/C23H30N2O3/c1-16-19-13-20(24-14-18(19)5-6-21(16)27-3)17-7-10-25(11-8-17)15-22(26)23(2)9-4-12-28-23/h5-6,13-14,17H,4,7-12,15H2,1-3H3/t23-/m1/s1. The van der Waals surface area contributed by atoms with Gasteiger partial charge in [-0.15, -0.1) is 0 Å². The second kappa shape index (κ2) is 7.80. The van der Waals surface area contributed by atoms with Crippen LogP contribution in [0.25, 0.3) is 10.8 Å². The molecule has 0 radical (unpaired) electrons. The van der Waals surface area contributed by atoms with Gasteiger partial charge in [0.2, 0.25) is 0 Å². The number of aromatic nitrogens is 1. The summed E-state index contributed by atoms with van der Waals surface area (Å²) in [6.45, 7) is 7.13. The average molecular weight is 383 g/mol. The average Bonchev–Trinajstić information content (AvgIpc) is 3.17. The lowest BCUT2D eigenvalue weighted by molar-refractivity contribution is -0.138. The summed E-state index contributed by atoms with van der Waals surface area (Å²) in [5.41, 5.74) is 1.75. The summed E-state index contributed by atoms with van der Waals surface area (Å²) in [5, 5.41) is 2.36. The Bertz CT molecular complexity index is 866. The van der Waals surface area contributed by atoms with Crippen LogP contribution in [-0.4, -0.2) is 54.6 Å². The molecule has 5 nitrogen and oxygen atoms in total. The van der Waals surface area contributed by atoms with Crippen LogP contribution in [0.4, 0.5) is 0 Å². The van der Waals surface area contributed by atoms with Crippen molar-refractivity contribution in [2.45, 2.75) is 51.0 Å². The summed E-state index contributed by atoms with van der Waals surface area (Å²) < 4.78 is 11.2. The molecule has 1 aromatic carbocycles. The van der Waals surface area contributed by atoms with Crippen molar-refractivity contribution in [2.75, 3.05) is 33.4 Å². The van der Waals surface area contributed by atoms with Gasteiger partial charge in [0.25, 0.3) is 0 Å². The molecule has 3 heterocycles. The molecule has 1 aromatic heterocycles. The number of carbonyl (C=O) groups is 1. The third kappa shape index (κ3) is 3.65. The molecule has 5 heteroatoms. The molecule has 0 aliphatic carbocycles. The van der Waals surface area contributed by atoms with Crippen LogP contribution in [-0.2, 0) is 9.53 Å². The quantitative estimate of drug-likeness (QED) is 0.786. The van der Waals surface area contributed by atoms with Gasteiger partial charge in [0.1, 0.15) is 11.4 Å². The van der Waals surface area contributed by atoms with Gasteiger partial charge in [-0.3, -0.25) is 14.7 Å². The predicted molar refractivity (Wildman–Crippen MR) is 110 cm³/mol. The number of likely N-dealkylation sites (tertiary alicyclic amines) is 1. The molecule has 2 fully saturated rings. The topological polar surface area (TPSA) is 51.7 Å². The third-order valence-electron chi connectivity index (χ3n) is 6.55. The fourth-order valence-electron chi connectivity index (χ4n) is 4.56. The number of fused-ring (bicyclic) bond motifs is 1. The number of carbonyl (C=O) groups excluding carboxylic acids is 1. The minimum absolute atomic E-state index is 0.231. The van der Waals surface area contributed by atoms with Gasteiger partial charge in [-0.25, -0.2) is 0 Å². The highest BCUT2D eigenvalue weighted by Gasteiger charge is 2.38. The zero-order chi connectivity index (χ0) is 19.7. The van der Waals surface area contributed by atoms with Crippen molar-refractivity contribution in [2.24, 2.45) is 0 Å². The Balaban J connectivity index is 1.42. The van der Waals surface area contributed by atoms with Gasteiger partial charge >= 0.3 is 0 Å². The van der Waals surface area contributed by atoms with Crippen molar-refractivity contribution in [1.29, 1.82) is 0 Å². The van der Waals surface area contributed by atoms with E-state index in [9.17, 15) is 4.79 Å². The number of hydrogen-bond acceptors (Lipinski definition) is 5. The van der Waals surface area contributed by atoms with Crippen LogP contribution in [0.15, 0.2) is 24.4 Å². The van der Waals surface area contributed by atoms with Gasteiger partial charge in [-0.1, -0.05) is 0 Å². The monoisotopic (exact) mass is 382 g/mol. The minimum atomic E-state index is -0.562. The van der Waals surface area contributed by atoms with Gasteiger partial charge in [0.15, 0.2) is 5.78 Å². The second-order valence-electron chi connectivity index (χ2n) is 8.38. The number of Topliss-reactive ketones (excluding diaryl/α,β-unsaturated/α-hetero) is 1. The maximum Gasteiger partial charge on any atom is 0.178 e. The first-order valence-corrected chi connectivity index (χ1v) is 10.3. The molecule has 2 aliphatic rings. The molecule has 2 aromatic rings. The lowest BCUT2D eigenvalue weighted by atomic mass is 9.90. The van der Waals surface area contributed by atoms with E-state index < -0.39 is 5.60 Å². The molecular formula is C23H30N2O3. The first-order valence-electron chi connectivity index (χ1n) is 10.3. The Labute approximate surface area is 167 Å². The van der Waals surface area contributed by atoms with E-state index in [1.54, 1.807) is 7.11 Å². The van der Waals surface area contributed by atoms with Gasteiger partial charge in [-0.2, -0.15) is 0 Å². The predicted octanol–water partition coefficient (Wildman–Crippen LogP) is 3.87. The smallest absolute Gasteiger partial charge is 0.178 e. The molecule has 150 valence electrons. The number of piperidine rings is 1. The lowest BCUT2D eigenvalue weighted by Gasteiger charge is -2.33. The van der Waals surface area contributed by atoms with Crippen LogP contribution in [0.3, 0.4) is 0 Å². The number of rotatable bonds is 5. The Morgan fingerprint density at radius 1 is 1.36 bits per heavy atom. The Hall–Kier alpha value is -1.98. The molecule has 1 atom stereocenters. The van der Waals surface area contributed by atoms with E-state index in [1.807, 2.05) is 19.2 Å². The maximum absolute atomic E-state index is 12.6.